The Bertz CT molecular complexity index is 599. The van der Waals surface area contributed by atoms with Crippen LogP contribution >= 0.6 is 11.6 Å². The molecule has 0 saturated heterocycles. The first-order valence-electron chi connectivity index (χ1n) is 7.86. The molecule has 0 aromatic heterocycles. The van der Waals surface area contributed by atoms with Gasteiger partial charge in [0, 0.05) is 35.4 Å². The van der Waals surface area contributed by atoms with Crippen LogP contribution < -0.4 is 10.5 Å². The molecule has 1 aromatic carbocycles. The average molecular weight is 306 g/mol. The first kappa shape index (κ1) is 13.6. The largest absolute Gasteiger partial charge is 0.493 e. The fraction of sp³-hybridized carbons (Fsp3) is 0.588. The average Bonchev–Trinajstić information content (AvgIpc) is 3.12. The van der Waals surface area contributed by atoms with E-state index in [4.69, 9.17) is 22.1 Å². The van der Waals surface area contributed by atoms with E-state index >= 15 is 0 Å². The molecule has 4 heteroatoms. The number of Topliss-reactive ketones (excluding diaryl/α,β-unsaturated/α-hetero) is 1. The zero-order valence-corrected chi connectivity index (χ0v) is 12.7. The second-order valence-electron chi connectivity index (χ2n) is 6.73. The number of carbonyl (C=O) groups is 1. The molecule has 0 radical (unpaired) electrons. The van der Waals surface area contributed by atoms with Gasteiger partial charge in [-0.3, -0.25) is 4.79 Å². The van der Waals surface area contributed by atoms with Crippen molar-refractivity contribution in [2.75, 3.05) is 6.61 Å². The fourth-order valence-corrected chi connectivity index (χ4v) is 4.86. The molecule has 1 heterocycles. The number of hydrogen-bond acceptors (Lipinski definition) is 3. The topological polar surface area (TPSA) is 52.3 Å². The molecule has 112 valence electrons. The van der Waals surface area contributed by atoms with E-state index in [-0.39, 0.29) is 17.7 Å². The van der Waals surface area contributed by atoms with Crippen molar-refractivity contribution < 1.29 is 9.53 Å². The highest BCUT2D eigenvalue weighted by Gasteiger charge is 2.48. The number of hydrogen-bond donors (Lipinski definition) is 1. The predicted octanol–water partition coefficient (Wildman–Crippen LogP) is 2.76. The van der Waals surface area contributed by atoms with Gasteiger partial charge in [-0.15, -0.1) is 0 Å². The number of rotatable bonds is 3. The molecule has 1 aromatic rings. The molecule has 2 aliphatic carbocycles. The van der Waals surface area contributed by atoms with Gasteiger partial charge in [0.1, 0.15) is 11.5 Å². The number of carbonyl (C=O) groups excluding carboxylic acids is 1. The number of benzene rings is 1. The maximum Gasteiger partial charge on any atom is 0.142 e. The maximum atomic E-state index is 12.7. The van der Waals surface area contributed by atoms with Gasteiger partial charge in [-0.25, -0.2) is 0 Å². The first-order valence-corrected chi connectivity index (χ1v) is 8.23. The Kier molecular flexibility index (Phi) is 3.23. The maximum absolute atomic E-state index is 12.7. The highest BCUT2D eigenvalue weighted by atomic mass is 35.5. The molecule has 4 atom stereocenters. The summed E-state index contributed by atoms with van der Waals surface area (Å²) >= 11 is 6.17. The minimum Gasteiger partial charge on any atom is -0.493 e. The first-order chi connectivity index (χ1) is 10.1. The Balaban J connectivity index is 1.58. The summed E-state index contributed by atoms with van der Waals surface area (Å²) in [6, 6.07) is 3.88. The van der Waals surface area contributed by atoms with Gasteiger partial charge in [-0.1, -0.05) is 11.6 Å². The third-order valence-electron chi connectivity index (χ3n) is 5.54. The van der Waals surface area contributed by atoms with Crippen LogP contribution in [-0.4, -0.2) is 18.4 Å². The summed E-state index contributed by atoms with van der Waals surface area (Å²) in [6.45, 7) is 0.685. The normalized spacial score (nSPS) is 33.0. The smallest absolute Gasteiger partial charge is 0.142 e. The van der Waals surface area contributed by atoms with Gasteiger partial charge in [0.15, 0.2) is 0 Å². The molecule has 4 unspecified atom stereocenters. The molecule has 21 heavy (non-hydrogen) atoms. The van der Waals surface area contributed by atoms with E-state index < -0.39 is 0 Å². The lowest BCUT2D eigenvalue weighted by atomic mass is 9.80. The fourth-order valence-electron chi connectivity index (χ4n) is 4.60. The van der Waals surface area contributed by atoms with Crippen molar-refractivity contribution in [3.63, 3.8) is 0 Å². The monoisotopic (exact) mass is 305 g/mol. The summed E-state index contributed by atoms with van der Waals surface area (Å²) in [6.07, 6.45) is 4.79. The standard InChI is InChI=1S/C17H20ClNO2/c18-13-6-11-3-4-21-17(11)12(7-13)8-14(20)15-9-1-2-10(5-9)16(15)19/h6-7,9-10,15-16H,1-5,8,19H2. The number of fused-ring (bicyclic) bond motifs is 3. The van der Waals surface area contributed by atoms with E-state index in [9.17, 15) is 4.79 Å². The summed E-state index contributed by atoms with van der Waals surface area (Å²) in [5.74, 6) is 2.26. The predicted molar refractivity (Wildman–Crippen MR) is 81.7 cm³/mol. The van der Waals surface area contributed by atoms with Gasteiger partial charge >= 0.3 is 0 Å². The van der Waals surface area contributed by atoms with E-state index in [2.05, 4.69) is 0 Å². The molecule has 2 fully saturated rings. The van der Waals surface area contributed by atoms with Crippen molar-refractivity contribution in [1.82, 2.24) is 0 Å². The summed E-state index contributed by atoms with van der Waals surface area (Å²) in [5, 5.41) is 0.694. The summed E-state index contributed by atoms with van der Waals surface area (Å²) in [5.41, 5.74) is 8.35. The van der Waals surface area contributed by atoms with Crippen molar-refractivity contribution in [1.29, 1.82) is 0 Å². The van der Waals surface area contributed by atoms with Crippen molar-refractivity contribution in [3.05, 3.63) is 28.3 Å². The van der Waals surface area contributed by atoms with Crippen LogP contribution in [0.1, 0.15) is 30.4 Å². The van der Waals surface area contributed by atoms with Crippen molar-refractivity contribution in [3.8, 4) is 5.75 Å². The van der Waals surface area contributed by atoms with Crippen molar-refractivity contribution in [2.45, 2.75) is 38.1 Å². The lowest BCUT2D eigenvalue weighted by Crippen LogP contribution is -2.40. The second kappa shape index (κ2) is 4.99. The van der Waals surface area contributed by atoms with Crippen molar-refractivity contribution in [2.24, 2.45) is 23.5 Å². The minimum absolute atomic E-state index is 0.0415. The Labute approximate surface area is 129 Å². The summed E-state index contributed by atoms with van der Waals surface area (Å²) < 4.78 is 5.69. The molecule has 3 nitrogen and oxygen atoms in total. The molecule has 2 bridgehead atoms. The highest BCUT2D eigenvalue weighted by Crippen LogP contribution is 2.48. The van der Waals surface area contributed by atoms with Gasteiger partial charge in [-0.2, -0.15) is 0 Å². The van der Waals surface area contributed by atoms with E-state index in [1.54, 1.807) is 0 Å². The van der Waals surface area contributed by atoms with E-state index in [1.807, 2.05) is 12.1 Å². The third-order valence-corrected chi connectivity index (χ3v) is 5.76. The highest BCUT2D eigenvalue weighted by molar-refractivity contribution is 6.30. The zero-order valence-electron chi connectivity index (χ0n) is 12.0. The van der Waals surface area contributed by atoms with Gasteiger partial charge in [0.25, 0.3) is 0 Å². The van der Waals surface area contributed by atoms with Gasteiger partial charge in [-0.05, 0) is 48.8 Å². The van der Waals surface area contributed by atoms with Gasteiger partial charge in [0.2, 0.25) is 0 Å². The Morgan fingerprint density at radius 3 is 2.90 bits per heavy atom. The van der Waals surface area contributed by atoms with E-state index in [0.29, 0.717) is 29.9 Å². The minimum atomic E-state index is 0.0415. The molecular weight excluding hydrogens is 286 g/mol. The molecule has 0 amide bonds. The Morgan fingerprint density at radius 2 is 2.14 bits per heavy atom. The van der Waals surface area contributed by atoms with Crippen LogP contribution in [0.25, 0.3) is 0 Å². The van der Waals surface area contributed by atoms with E-state index in [1.165, 1.54) is 12.8 Å². The molecule has 3 aliphatic rings. The number of ketones is 1. The summed E-state index contributed by atoms with van der Waals surface area (Å²) in [7, 11) is 0. The van der Waals surface area contributed by atoms with Crippen LogP contribution in [0.5, 0.6) is 5.75 Å². The number of halogens is 1. The quantitative estimate of drug-likeness (QED) is 0.934. The van der Waals surface area contributed by atoms with Crippen LogP contribution in [0.4, 0.5) is 0 Å². The Morgan fingerprint density at radius 1 is 1.33 bits per heavy atom. The lowest BCUT2D eigenvalue weighted by Gasteiger charge is -2.27. The Hall–Kier alpha value is -1.06. The van der Waals surface area contributed by atoms with Crippen molar-refractivity contribution >= 4 is 17.4 Å². The second-order valence-corrected chi connectivity index (χ2v) is 7.17. The van der Waals surface area contributed by atoms with Crippen LogP contribution in [-0.2, 0) is 17.6 Å². The van der Waals surface area contributed by atoms with E-state index in [0.717, 1.165) is 29.7 Å². The van der Waals surface area contributed by atoms with Crippen LogP contribution in [0, 0.1) is 17.8 Å². The molecule has 2 N–H and O–H groups in total. The summed E-state index contributed by atoms with van der Waals surface area (Å²) in [4.78, 5) is 12.7. The number of ether oxygens (including phenoxy) is 1. The number of nitrogens with two attached hydrogens (primary N) is 1. The molecule has 1 aliphatic heterocycles. The molecule has 4 rings (SSSR count). The lowest BCUT2D eigenvalue weighted by molar-refractivity contribution is -0.124. The molecule has 0 spiro atoms. The van der Waals surface area contributed by atoms with Gasteiger partial charge < -0.3 is 10.5 Å². The third kappa shape index (κ3) is 2.18. The van der Waals surface area contributed by atoms with Crippen LogP contribution in [0.2, 0.25) is 5.02 Å². The zero-order chi connectivity index (χ0) is 14.6. The van der Waals surface area contributed by atoms with Crippen LogP contribution in [0.15, 0.2) is 12.1 Å². The van der Waals surface area contributed by atoms with Crippen LogP contribution in [0.3, 0.4) is 0 Å². The van der Waals surface area contributed by atoms with Gasteiger partial charge in [0.05, 0.1) is 6.61 Å². The molecular formula is C17H20ClNO2. The molecule has 2 saturated carbocycles. The SMILES string of the molecule is NC1C2CCC(C2)C1C(=O)Cc1cc(Cl)cc2c1OCC2.